The van der Waals surface area contributed by atoms with E-state index in [1.807, 2.05) is 0 Å². The van der Waals surface area contributed by atoms with Crippen molar-refractivity contribution in [2.24, 2.45) is 11.1 Å². The highest BCUT2D eigenvalue weighted by molar-refractivity contribution is 6.69. The summed E-state index contributed by atoms with van der Waals surface area (Å²) in [6.45, 7) is 0.391. The first-order valence-corrected chi connectivity index (χ1v) is 6.31. The SMILES string of the molecule is O=C(NCc1ccc(C(Cl)=NO)cc1Cl)C1CC1. The zero-order valence-corrected chi connectivity index (χ0v) is 11.0. The molecule has 96 valence electrons. The summed E-state index contributed by atoms with van der Waals surface area (Å²) in [5.41, 5.74) is 1.33. The van der Waals surface area contributed by atoms with Gasteiger partial charge in [0.25, 0.3) is 0 Å². The van der Waals surface area contributed by atoms with E-state index in [0.717, 1.165) is 18.4 Å². The number of nitrogens with zero attached hydrogens (tertiary/aromatic N) is 1. The number of carbonyl (C=O) groups is 1. The second-order valence-corrected chi connectivity index (χ2v) is 4.95. The third kappa shape index (κ3) is 3.15. The lowest BCUT2D eigenvalue weighted by Gasteiger charge is -2.07. The molecule has 1 saturated carbocycles. The van der Waals surface area contributed by atoms with Crippen LogP contribution in [0.2, 0.25) is 5.02 Å². The van der Waals surface area contributed by atoms with E-state index in [1.54, 1.807) is 18.2 Å². The summed E-state index contributed by atoms with van der Waals surface area (Å²) in [6.07, 6.45) is 1.95. The summed E-state index contributed by atoms with van der Waals surface area (Å²) in [4.78, 5) is 11.5. The lowest BCUT2D eigenvalue weighted by Crippen LogP contribution is -2.24. The summed E-state index contributed by atoms with van der Waals surface area (Å²) >= 11 is 11.7. The quantitative estimate of drug-likeness (QED) is 0.508. The van der Waals surface area contributed by atoms with Crippen molar-refractivity contribution in [3.8, 4) is 0 Å². The van der Waals surface area contributed by atoms with Gasteiger partial charge in [0, 0.05) is 23.0 Å². The van der Waals surface area contributed by atoms with Gasteiger partial charge >= 0.3 is 0 Å². The maximum absolute atomic E-state index is 11.5. The van der Waals surface area contributed by atoms with Gasteiger partial charge in [-0.25, -0.2) is 0 Å². The number of carbonyl (C=O) groups excluding carboxylic acids is 1. The minimum atomic E-state index is -0.0227. The molecule has 0 spiro atoms. The van der Waals surface area contributed by atoms with Crippen LogP contribution in [-0.2, 0) is 11.3 Å². The average Bonchev–Trinajstić information content (AvgIpc) is 3.20. The number of hydrogen-bond acceptors (Lipinski definition) is 3. The van der Waals surface area contributed by atoms with Crippen LogP contribution in [0.4, 0.5) is 0 Å². The fourth-order valence-corrected chi connectivity index (χ4v) is 1.91. The molecule has 1 aromatic carbocycles. The lowest BCUT2D eigenvalue weighted by molar-refractivity contribution is -0.122. The molecule has 0 atom stereocenters. The van der Waals surface area contributed by atoms with Crippen molar-refractivity contribution in [2.75, 3.05) is 0 Å². The summed E-state index contributed by atoms with van der Waals surface area (Å²) < 4.78 is 0. The van der Waals surface area contributed by atoms with Crippen molar-refractivity contribution in [3.63, 3.8) is 0 Å². The fraction of sp³-hybridized carbons (Fsp3) is 0.333. The van der Waals surface area contributed by atoms with Crippen LogP contribution in [0.15, 0.2) is 23.4 Å². The minimum absolute atomic E-state index is 0.0227. The predicted molar refractivity (Wildman–Crippen MR) is 70.2 cm³/mol. The summed E-state index contributed by atoms with van der Waals surface area (Å²) in [5.74, 6) is 0.254. The van der Waals surface area contributed by atoms with Crippen molar-refractivity contribution in [1.29, 1.82) is 0 Å². The molecule has 0 aromatic heterocycles. The van der Waals surface area contributed by atoms with E-state index in [0.29, 0.717) is 17.1 Å². The van der Waals surface area contributed by atoms with Gasteiger partial charge in [-0.3, -0.25) is 4.79 Å². The number of benzene rings is 1. The normalized spacial score (nSPS) is 15.6. The van der Waals surface area contributed by atoms with Crippen LogP contribution in [-0.4, -0.2) is 16.3 Å². The van der Waals surface area contributed by atoms with E-state index in [4.69, 9.17) is 28.4 Å². The van der Waals surface area contributed by atoms with E-state index in [-0.39, 0.29) is 17.0 Å². The van der Waals surface area contributed by atoms with Crippen LogP contribution >= 0.6 is 23.2 Å². The smallest absolute Gasteiger partial charge is 0.223 e. The summed E-state index contributed by atoms with van der Waals surface area (Å²) in [6, 6.07) is 5.03. The second-order valence-electron chi connectivity index (χ2n) is 4.19. The number of halogens is 2. The first-order valence-electron chi connectivity index (χ1n) is 5.56. The van der Waals surface area contributed by atoms with Gasteiger partial charge in [0.1, 0.15) is 0 Å². The number of amides is 1. The zero-order chi connectivity index (χ0) is 13.1. The topological polar surface area (TPSA) is 61.7 Å². The third-order valence-electron chi connectivity index (χ3n) is 2.78. The Bertz CT molecular complexity index is 499. The highest BCUT2D eigenvalue weighted by Gasteiger charge is 2.29. The van der Waals surface area contributed by atoms with Gasteiger partial charge in [-0.2, -0.15) is 0 Å². The largest absolute Gasteiger partial charge is 0.410 e. The van der Waals surface area contributed by atoms with Crippen LogP contribution in [0.5, 0.6) is 0 Å². The average molecular weight is 287 g/mol. The van der Waals surface area contributed by atoms with E-state index in [9.17, 15) is 4.79 Å². The van der Waals surface area contributed by atoms with Crippen molar-refractivity contribution in [2.45, 2.75) is 19.4 Å². The molecule has 0 unspecified atom stereocenters. The molecule has 0 radical (unpaired) electrons. The minimum Gasteiger partial charge on any atom is -0.410 e. The van der Waals surface area contributed by atoms with Crippen LogP contribution in [0.25, 0.3) is 0 Å². The fourth-order valence-electron chi connectivity index (χ4n) is 1.55. The Morgan fingerprint density at radius 3 is 2.78 bits per heavy atom. The number of hydrogen-bond donors (Lipinski definition) is 2. The molecule has 1 aliphatic carbocycles. The number of oxime groups is 1. The molecular formula is C12H12Cl2N2O2. The maximum Gasteiger partial charge on any atom is 0.223 e. The van der Waals surface area contributed by atoms with Gasteiger partial charge in [0.05, 0.1) is 0 Å². The highest BCUT2D eigenvalue weighted by atomic mass is 35.5. The highest BCUT2D eigenvalue weighted by Crippen LogP contribution is 2.29. The van der Waals surface area contributed by atoms with E-state index in [2.05, 4.69) is 10.5 Å². The third-order valence-corrected chi connectivity index (χ3v) is 3.43. The van der Waals surface area contributed by atoms with E-state index < -0.39 is 0 Å². The Hall–Kier alpha value is -1.26. The lowest BCUT2D eigenvalue weighted by atomic mass is 10.1. The Balaban J connectivity index is 2.02. The second kappa shape index (κ2) is 5.59. The number of rotatable bonds is 4. The molecule has 2 rings (SSSR count). The predicted octanol–water partition coefficient (Wildman–Crippen LogP) is 2.74. The molecule has 0 aliphatic heterocycles. The Morgan fingerprint density at radius 2 is 2.22 bits per heavy atom. The molecule has 6 heteroatoms. The molecule has 1 fully saturated rings. The molecule has 1 aromatic rings. The summed E-state index contributed by atoms with van der Waals surface area (Å²) in [7, 11) is 0. The molecule has 1 amide bonds. The first-order chi connectivity index (χ1) is 8.61. The maximum atomic E-state index is 11.5. The monoisotopic (exact) mass is 286 g/mol. The van der Waals surface area contributed by atoms with Gasteiger partial charge in [-0.05, 0) is 24.5 Å². The van der Waals surface area contributed by atoms with Crippen molar-refractivity contribution >= 4 is 34.3 Å². The van der Waals surface area contributed by atoms with Gasteiger partial charge in [0.2, 0.25) is 5.91 Å². The molecule has 0 bridgehead atoms. The van der Waals surface area contributed by atoms with Crippen LogP contribution in [0.1, 0.15) is 24.0 Å². The first kappa shape index (κ1) is 13.2. The molecule has 1 aliphatic rings. The molecule has 2 N–H and O–H groups in total. The van der Waals surface area contributed by atoms with Gasteiger partial charge in [0.15, 0.2) is 5.17 Å². The van der Waals surface area contributed by atoms with E-state index in [1.165, 1.54) is 0 Å². The molecule has 4 nitrogen and oxygen atoms in total. The zero-order valence-electron chi connectivity index (χ0n) is 9.49. The van der Waals surface area contributed by atoms with E-state index >= 15 is 0 Å². The van der Waals surface area contributed by atoms with Crippen LogP contribution < -0.4 is 5.32 Å². The summed E-state index contributed by atoms with van der Waals surface area (Å²) in [5, 5.41) is 14.7. The standard InChI is InChI=1S/C12H12Cl2N2O2/c13-10-5-8(11(14)16-18)3-4-9(10)6-15-12(17)7-1-2-7/h3-5,7,18H,1-2,6H2,(H,15,17). The van der Waals surface area contributed by atoms with Crippen LogP contribution in [0.3, 0.4) is 0 Å². The Kier molecular flexibility index (Phi) is 4.09. The van der Waals surface area contributed by atoms with Gasteiger partial charge < -0.3 is 10.5 Å². The molecular weight excluding hydrogens is 275 g/mol. The Labute approximate surface area is 115 Å². The molecule has 18 heavy (non-hydrogen) atoms. The van der Waals surface area contributed by atoms with Crippen molar-refractivity contribution in [3.05, 3.63) is 34.3 Å². The van der Waals surface area contributed by atoms with Crippen LogP contribution in [0, 0.1) is 5.92 Å². The molecule has 0 saturated heterocycles. The van der Waals surface area contributed by atoms with Crippen molar-refractivity contribution < 1.29 is 10.0 Å². The number of nitrogens with one attached hydrogen (secondary N) is 1. The van der Waals surface area contributed by atoms with Crippen molar-refractivity contribution in [1.82, 2.24) is 5.32 Å². The van der Waals surface area contributed by atoms with Gasteiger partial charge in [-0.1, -0.05) is 40.5 Å². The Morgan fingerprint density at radius 1 is 1.50 bits per heavy atom. The van der Waals surface area contributed by atoms with Gasteiger partial charge in [-0.15, -0.1) is 0 Å². The molecule has 0 heterocycles.